The van der Waals surface area contributed by atoms with Gasteiger partial charge in [0.1, 0.15) is 0 Å². The molecular formula is C42H27N. The lowest BCUT2D eigenvalue weighted by molar-refractivity contribution is 0.794. The van der Waals surface area contributed by atoms with Crippen molar-refractivity contribution in [2.45, 2.75) is 5.41 Å². The minimum Gasteiger partial charge on any atom is -0.344 e. The summed E-state index contributed by atoms with van der Waals surface area (Å²) < 4.78 is 2.36. The standard InChI is InChI=1S/C42H27N/c1-43-38-20-10-16-29(41(38)40-28-12-3-2-11-26(28)22-24-39(40)43)27-21-23-33-32-15-6-9-19-36(32)42(37(33)25-27)34-17-7-4-13-30(34)31-14-5-8-18-35(31)42/h2-25H,1H3. The van der Waals surface area contributed by atoms with Crippen molar-refractivity contribution in [2.24, 2.45) is 7.05 Å². The summed E-state index contributed by atoms with van der Waals surface area (Å²) in [6.07, 6.45) is 0. The quantitative estimate of drug-likeness (QED) is 0.193. The highest BCUT2D eigenvalue weighted by Crippen LogP contribution is 2.63. The van der Waals surface area contributed by atoms with Gasteiger partial charge in [-0.05, 0) is 84.6 Å². The molecule has 43 heavy (non-hydrogen) atoms. The van der Waals surface area contributed by atoms with Crippen molar-refractivity contribution in [1.82, 2.24) is 4.57 Å². The fourth-order valence-electron chi connectivity index (χ4n) is 8.52. The lowest BCUT2D eigenvalue weighted by Crippen LogP contribution is -2.25. The SMILES string of the molecule is Cn1c2cccc(-c3ccc4c(c3)C3(c5ccccc5-c5ccccc53)c3ccccc3-4)c2c2c3ccccc3ccc21. The molecule has 0 saturated heterocycles. The van der Waals surface area contributed by atoms with Crippen LogP contribution < -0.4 is 0 Å². The largest absolute Gasteiger partial charge is 0.344 e. The minimum absolute atomic E-state index is 0.339. The van der Waals surface area contributed by atoms with E-state index < -0.39 is 0 Å². The summed E-state index contributed by atoms with van der Waals surface area (Å²) in [6.45, 7) is 0. The summed E-state index contributed by atoms with van der Waals surface area (Å²) in [6, 6.07) is 54.5. The van der Waals surface area contributed by atoms with Crippen LogP contribution in [0.15, 0.2) is 146 Å². The maximum Gasteiger partial charge on any atom is 0.0725 e. The molecule has 2 aliphatic rings. The zero-order chi connectivity index (χ0) is 28.3. The Hall–Kier alpha value is -5.40. The summed E-state index contributed by atoms with van der Waals surface area (Å²) in [4.78, 5) is 0. The van der Waals surface area contributed by atoms with Crippen LogP contribution in [0.25, 0.3) is 66.0 Å². The molecule has 10 rings (SSSR count). The molecule has 1 aromatic heterocycles. The van der Waals surface area contributed by atoms with E-state index in [9.17, 15) is 0 Å². The molecule has 1 spiro atoms. The Morgan fingerprint density at radius 2 is 0.977 bits per heavy atom. The van der Waals surface area contributed by atoms with Crippen molar-refractivity contribution in [2.75, 3.05) is 0 Å². The highest BCUT2D eigenvalue weighted by Gasteiger charge is 2.51. The predicted molar refractivity (Wildman–Crippen MR) is 180 cm³/mol. The second-order valence-corrected chi connectivity index (χ2v) is 12.1. The van der Waals surface area contributed by atoms with Crippen molar-refractivity contribution in [3.63, 3.8) is 0 Å². The van der Waals surface area contributed by atoms with E-state index in [-0.39, 0.29) is 5.41 Å². The molecule has 1 heteroatoms. The molecule has 7 aromatic carbocycles. The van der Waals surface area contributed by atoms with Crippen LogP contribution in [0, 0.1) is 0 Å². The topological polar surface area (TPSA) is 4.93 Å². The van der Waals surface area contributed by atoms with Gasteiger partial charge < -0.3 is 4.57 Å². The van der Waals surface area contributed by atoms with Crippen LogP contribution in [-0.4, -0.2) is 4.57 Å². The molecule has 0 bridgehead atoms. The van der Waals surface area contributed by atoms with Gasteiger partial charge >= 0.3 is 0 Å². The average Bonchev–Trinajstić information content (AvgIpc) is 3.66. The van der Waals surface area contributed by atoms with E-state index in [0.717, 1.165) is 0 Å². The first kappa shape index (κ1) is 23.2. The Morgan fingerprint density at radius 3 is 1.67 bits per heavy atom. The maximum atomic E-state index is 2.51. The van der Waals surface area contributed by atoms with Crippen molar-refractivity contribution in [1.29, 1.82) is 0 Å². The zero-order valence-electron chi connectivity index (χ0n) is 23.8. The van der Waals surface area contributed by atoms with Gasteiger partial charge in [-0.3, -0.25) is 0 Å². The fraction of sp³-hybridized carbons (Fsp3) is 0.0476. The predicted octanol–water partition coefficient (Wildman–Crippen LogP) is 10.5. The number of rotatable bonds is 1. The van der Waals surface area contributed by atoms with Gasteiger partial charge in [-0.15, -0.1) is 0 Å². The highest BCUT2D eigenvalue weighted by atomic mass is 14.9. The van der Waals surface area contributed by atoms with Crippen LogP contribution in [-0.2, 0) is 12.5 Å². The van der Waals surface area contributed by atoms with E-state index in [2.05, 4.69) is 157 Å². The van der Waals surface area contributed by atoms with Crippen LogP contribution in [0.2, 0.25) is 0 Å². The molecule has 1 heterocycles. The van der Waals surface area contributed by atoms with Gasteiger partial charge in [-0.2, -0.15) is 0 Å². The molecular weight excluding hydrogens is 518 g/mol. The first-order valence-electron chi connectivity index (χ1n) is 15.1. The Morgan fingerprint density at radius 1 is 0.419 bits per heavy atom. The van der Waals surface area contributed by atoms with Crippen molar-refractivity contribution in [3.05, 3.63) is 168 Å². The smallest absolute Gasteiger partial charge is 0.0725 e. The second kappa shape index (κ2) is 8.12. The lowest BCUT2D eigenvalue weighted by atomic mass is 9.70. The molecule has 1 nitrogen and oxygen atoms in total. The molecule has 0 N–H and O–H groups in total. The zero-order valence-corrected chi connectivity index (χ0v) is 23.8. The molecule has 0 amide bonds. The third-order valence-electron chi connectivity index (χ3n) is 10.2. The summed E-state index contributed by atoms with van der Waals surface area (Å²) >= 11 is 0. The van der Waals surface area contributed by atoms with Crippen LogP contribution in [0.3, 0.4) is 0 Å². The van der Waals surface area contributed by atoms with E-state index in [1.165, 1.54) is 88.2 Å². The summed E-state index contributed by atoms with van der Waals surface area (Å²) in [5, 5.41) is 5.25. The van der Waals surface area contributed by atoms with Gasteiger partial charge in [0, 0.05) is 28.9 Å². The van der Waals surface area contributed by atoms with E-state index in [1.807, 2.05) is 0 Å². The lowest BCUT2D eigenvalue weighted by Gasteiger charge is -2.30. The number of nitrogens with zero attached hydrogens (tertiary/aromatic N) is 1. The van der Waals surface area contributed by atoms with E-state index >= 15 is 0 Å². The number of hydrogen-bond donors (Lipinski definition) is 0. The van der Waals surface area contributed by atoms with Gasteiger partial charge in [-0.1, -0.05) is 127 Å². The Labute approximate surface area is 250 Å². The van der Waals surface area contributed by atoms with Gasteiger partial charge in [-0.25, -0.2) is 0 Å². The number of benzene rings is 7. The van der Waals surface area contributed by atoms with E-state index in [1.54, 1.807) is 0 Å². The van der Waals surface area contributed by atoms with Gasteiger partial charge in [0.25, 0.3) is 0 Å². The van der Waals surface area contributed by atoms with Gasteiger partial charge in [0.15, 0.2) is 0 Å². The molecule has 2 aliphatic carbocycles. The molecule has 0 radical (unpaired) electrons. The summed E-state index contributed by atoms with van der Waals surface area (Å²) in [5.41, 5.74) is 15.6. The first-order valence-corrected chi connectivity index (χ1v) is 15.1. The Bertz CT molecular complexity index is 2410. The normalized spacial score (nSPS) is 13.9. The summed E-state index contributed by atoms with van der Waals surface area (Å²) in [7, 11) is 2.20. The van der Waals surface area contributed by atoms with E-state index in [4.69, 9.17) is 0 Å². The molecule has 0 fully saturated rings. The van der Waals surface area contributed by atoms with Crippen LogP contribution in [0.1, 0.15) is 22.3 Å². The first-order chi connectivity index (χ1) is 21.3. The Kier molecular flexibility index (Phi) is 4.38. The van der Waals surface area contributed by atoms with Crippen molar-refractivity contribution < 1.29 is 0 Å². The third-order valence-corrected chi connectivity index (χ3v) is 10.2. The molecule has 0 saturated carbocycles. The van der Waals surface area contributed by atoms with Crippen LogP contribution in [0.4, 0.5) is 0 Å². The molecule has 0 unspecified atom stereocenters. The molecule has 0 aliphatic heterocycles. The number of hydrogen-bond acceptors (Lipinski definition) is 0. The number of fused-ring (bicyclic) bond motifs is 15. The number of aromatic nitrogens is 1. The maximum absolute atomic E-state index is 2.51. The molecule has 200 valence electrons. The van der Waals surface area contributed by atoms with Gasteiger partial charge in [0.2, 0.25) is 0 Å². The van der Waals surface area contributed by atoms with Crippen molar-refractivity contribution in [3.8, 4) is 33.4 Å². The Balaban J connectivity index is 1.33. The fourth-order valence-corrected chi connectivity index (χ4v) is 8.52. The van der Waals surface area contributed by atoms with Crippen LogP contribution >= 0.6 is 0 Å². The van der Waals surface area contributed by atoms with Crippen LogP contribution in [0.5, 0.6) is 0 Å². The number of aryl methyl sites for hydroxylation is 1. The third kappa shape index (κ3) is 2.73. The monoisotopic (exact) mass is 545 g/mol. The highest BCUT2D eigenvalue weighted by molar-refractivity contribution is 6.24. The van der Waals surface area contributed by atoms with Gasteiger partial charge in [0.05, 0.1) is 5.41 Å². The summed E-state index contributed by atoms with van der Waals surface area (Å²) in [5.74, 6) is 0. The molecule has 8 aromatic rings. The molecule has 0 atom stereocenters. The van der Waals surface area contributed by atoms with E-state index in [0.29, 0.717) is 0 Å². The van der Waals surface area contributed by atoms with Crippen molar-refractivity contribution >= 4 is 32.6 Å². The minimum atomic E-state index is -0.339. The average molecular weight is 546 g/mol. The second-order valence-electron chi connectivity index (χ2n) is 12.1.